The standard InChI is InChI=1S/C31H31N7O5/c39-28-25-18-34-38(24-8-6-23(7-9-24)22-4-2-1-3-5-22)27(25)33-21-37(28)20-31(41)10-12-35(13-11-31)29(40)26-19-32-30(43-26)36-14-16-42-17-15-36/h1-9,18-19,21,41H,10-17,20H2. The lowest BCUT2D eigenvalue weighted by Crippen LogP contribution is -2.49. The number of ether oxygens (including phenoxy) is 1. The summed E-state index contributed by atoms with van der Waals surface area (Å²) in [4.78, 5) is 38.8. The Morgan fingerprint density at radius 2 is 1.63 bits per heavy atom. The van der Waals surface area contributed by atoms with Crippen LogP contribution in [-0.4, -0.2) is 85.2 Å². The van der Waals surface area contributed by atoms with Crippen molar-refractivity contribution >= 4 is 23.0 Å². The Balaban J connectivity index is 1.02. The smallest absolute Gasteiger partial charge is 0.298 e. The van der Waals surface area contributed by atoms with Gasteiger partial charge < -0.3 is 24.1 Å². The van der Waals surface area contributed by atoms with Crippen LogP contribution in [0.15, 0.2) is 82.5 Å². The third-order valence-corrected chi connectivity index (χ3v) is 8.21. The number of aromatic nitrogens is 5. The van der Waals surface area contributed by atoms with Gasteiger partial charge in [0.05, 0.1) is 43.4 Å². The summed E-state index contributed by atoms with van der Waals surface area (Å²) in [5.41, 5.74) is 1.99. The average Bonchev–Trinajstić information content (AvgIpc) is 3.72. The number of benzene rings is 2. The normalized spacial score (nSPS) is 17.0. The molecule has 220 valence electrons. The predicted molar refractivity (Wildman–Crippen MR) is 158 cm³/mol. The van der Waals surface area contributed by atoms with Crippen LogP contribution >= 0.6 is 0 Å². The number of oxazole rings is 1. The zero-order chi connectivity index (χ0) is 29.4. The van der Waals surface area contributed by atoms with Gasteiger partial charge in [-0.15, -0.1) is 0 Å². The maximum absolute atomic E-state index is 13.4. The highest BCUT2D eigenvalue weighted by Gasteiger charge is 2.36. The molecule has 43 heavy (non-hydrogen) atoms. The Labute approximate surface area is 246 Å². The summed E-state index contributed by atoms with van der Waals surface area (Å²) < 4.78 is 14.2. The molecule has 2 aliphatic rings. The van der Waals surface area contributed by atoms with Crippen LogP contribution in [-0.2, 0) is 11.3 Å². The quantitative estimate of drug-likeness (QED) is 0.322. The lowest BCUT2D eigenvalue weighted by molar-refractivity contribution is -0.0304. The molecule has 0 saturated carbocycles. The molecule has 0 aliphatic carbocycles. The van der Waals surface area contributed by atoms with Gasteiger partial charge in [0.25, 0.3) is 17.5 Å². The van der Waals surface area contributed by atoms with E-state index in [9.17, 15) is 14.7 Å². The van der Waals surface area contributed by atoms with E-state index in [1.807, 2.05) is 47.4 Å². The second-order valence-electron chi connectivity index (χ2n) is 11.0. The first kappa shape index (κ1) is 27.0. The minimum absolute atomic E-state index is 0.0667. The van der Waals surface area contributed by atoms with E-state index in [-0.39, 0.29) is 23.8 Å². The molecule has 7 rings (SSSR count). The van der Waals surface area contributed by atoms with E-state index in [0.717, 1.165) is 16.8 Å². The van der Waals surface area contributed by atoms with E-state index in [1.165, 1.54) is 23.3 Å². The van der Waals surface area contributed by atoms with Crippen molar-refractivity contribution < 1.29 is 19.1 Å². The second-order valence-corrected chi connectivity index (χ2v) is 11.0. The highest BCUT2D eigenvalue weighted by Crippen LogP contribution is 2.27. The summed E-state index contributed by atoms with van der Waals surface area (Å²) >= 11 is 0. The molecule has 2 aliphatic heterocycles. The third-order valence-electron chi connectivity index (χ3n) is 8.21. The number of likely N-dealkylation sites (tertiary alicyclic amines) is 1. The highest BCUT2D eigenvalue weighted by molar-refractivity contribution is 5.91. The van der Waals surface area contributed by atoms with Crippen molar-refractivity contribution in [1.29, 1.82) is 0 Å². The Bertz CT molecular complexity index is 1800. The average molecular weight is 582 g/mol. The van der Waals surface area contributed by atoms with Gasteiger partial charge in [-0.3, -0.25) is 14.2 Å². The number of aliphatic hydroxyl groups is 1. The maximum Gasteiger partial charge on any atom is 0.298 e. The minimum Gasteiger partial charge on any atom is -0.418 e. The first-order valence-corrected chi connectivity index (χ1v) is 14.4. The van der Waals surface area contributed by atoms with Crippen molar-refractivity contribution in [3.8, 4) is 16.8 Å². The Morgan fingerprint density at radius 3 is 2.37 bits per heavy atom. The van der Waals surface area contributed by atoms with Gasteiger partial charge in [0.2, 0.25) is 5.76 Å². The minimum atomic E-state index is -1.17. The summed E-state index contributed by atoms with van der Waals surface area (Å²) in [6.45, 7) is 3.22. The molecule has 12 heteroatoms. The van der Waals surface area contributed by atoms with Gasteiger partial charge >= 0.3 is 0 Å². The van der Waals surface area contributed by atoms with Gasteiger partial charge in [-0.25, -0.2) is 14.6 Å². The fourth-order valence-electron chi connectivity index (χ4n) is 5.70. The van der Waals surface area contributed by atoms with E-state index < -0.39 is 5.60 Å². The Morgan fingerprint density at radius 1 is 0.907 bits per heavy atom. The molecule has 2 saturated heterocycles. The number of fused-ring (bicyclic) bond motifs is 1. The zero-order valence-corrected chi connectivity index (χ0v) is 23.5. The molecule has 1 amide bonds. The van der Waals surface area contributed by atoms with Crippen molar-refractivity contribution in [3.05, 3.63) is 89.4 Å². The van der Waals surface area contributed by atoms with Crippen LogP contribution in [0.2, 0.25) is 0 Å². The number of rotatable bonds is 6. The van der Waals surface area contributed by atoms with Crippen molar-refractivity contribution in [2.24, 2.45) is 0 Å². The third kappa shape index (κ3) is 5.30. The van der Waals surface area contributed by atoms with Crippen LogP contribution < -0.4 is 10.5 Å². The Kier molecular flexibility index (Phi) is 6.99. The maximum atomic E-state index is 13.4. The van der Waals surface area contributed by atoms with Gasteiger partial charge in [-0.2, -0.15) is 5.10 Å². The van der Waals surface area contributed by atoms with E-state index in [1.54, 1.807) is 9.58 Å². The molecule has 12 nitrogen and oxygen atoms in total. The van der Waals surface area contributed by atoms with Gasteiger partial charge in [0, 0.05) is 26.2 Å². The molecule has 3 aromatic heterocycles. The summed E-state index contributed by atoms with van der Waals surface area (Å²) in [5, 5.41) is 16.2. The van der Waals surface area contributed by atoms with E-state index in [2.05, 4.69) is 27.2 Å². The first-order chi connectivity index (χ1) is 21.0. The molecule has 5 heterocycles. The number of carbonyl (C=O) groups excluding carboxylic acids is 1. The van der Waals surface area contributed by atoms with Crippen LogP contribution in [0.25, 0.3) is 27.8 Å². The molecular formula is C31H31N7O5. The second kappa shape index (κ2) is 11.1. The number of piperidine rings is 1. The van der Waals surface area contributed by atoms with E-state index in [4.69, 9.17) is 9.15 Å². The molecule has 5 aromatic rings. The largest absolute Gasteiger partial charge is 0.418 e. The summed E-state index contributed by atoms with van der Waals surface area (Å²) in [6.07, 6.45) is 5.03. The van der Waals surface area contributed by atoms with E-state index >= 15 is 0 Å². The van der Waals surface area contributed by atoms with Crippen molar-refractivity contribution in [2.75, 3.05) is 44.3 Å². The first-order valence-electron chi connectivity index (χ1n) is 14.4. The lowest BCUT2D eigenvalue weighted by Gasteiger charge is -2.38. The van der Waals surface area contributed by atoms with Crippen molar-refractivity contribution in [2.45, 2.75) is 25.0 Å². The number of morpholine rings is 1. The predicted octanol–water partition coefficient (Wildman–Crippen LogP) is 2.74. The molecule has 2 fully saturated rings. The molecule has 0 spiro atoms. The van der Waals surface area contributed by atoms with Crippen LogP contribution in [0.3, 0.4) is 0 Å². The topological polar surface area (TPSA) is 132 Å². The number of nitrogens with zero attached hydrogens (tertiary/aromatic N) is 7. The lowest BCUT2D eigenvalue weighted by atomic mass is 9.91. The summed E-state index contributed by atoms with van der Waals surface area (Å²) in [7, 11) is 0. The fraction of sp³-hybridized carbons (Fsp3) is 0.323. The highest BCUT2D eigenvalue weighted by atomic mass is 16.5. The molecule has 0 radical (unpaired) electrons. The molecule has 2 aromatic carbocycles. The van der Waals surface area contributed by atoms with Crippen molar-refractivity contribution in [3.63, 3.8) is 0 Å². The number of anilines is 1. The number of hydrogen-bond acceptors (Lipinski definition) is 9. The molecule has 1 N–H and O–H groups in total. The fourth-order valence-corrected chi connectivity index (χ4v) is 5.70. The Hall–Kier alpha value is -4.81. The van der Waals surface area contributed by atoms with Crippen LogP contribution in [0.5, 0.6) is 0 Å². The van der Waals surface area contributed by atoms with Gasteiger partial charge in [-0.05, 0) is 36.1 Å². The number of hydrogen-bond donors (Lipinski definition) is 1. The van der Waals surface area contributed by atoms with Crippen molar-refractivity contribution in [1.82, 2.24) is 29.2 Å². The molecule has 0 bridgehead atoms. The number of carbonyl (C=O) groups is 1. The van der Waals surface area contributed by atoms with Gasteiger partial charge in [0.15, 0.2) is 5.65 Å². The van der Waals surface area contributed by atoms with Crippen LogP contribution in [0.4, 0.5) is 6.01 Å². The van der Waals surface area contributed by atoms with Crippen LogP contribution in [0.1, 0.15) is 23.4 Å². The molecule has 0 unspecified atom stereocenters. The summed E-state index contributed by atoms with van der Waals surface area (Å²) in [5.74, 6) is -0.0944. The SMILES string of the molecule is O=C(c1cnc(N2CCOCC2)o1)N1CCC(O)(Cn2cnc3c(cnn3-c3ccc(-c4ccccc4)cc3)c2=O)CC1. The molecule has 0 atom stereocenters. The van der Waals surface area contributed by atoms with Crippen LogP contribution in [0, 0.1) is 0 Å². The summed E-state index contributed by atoms with van der Waals surface area (Å²) in [6, 6.07) is 18.4. The number of amides is 1. The zero-order valence-electron chi connectivity index (χ0n) is 23.5. The molecular weight excluding hydrogens is 550 g/mol. The van der Waals surface area contributed by atoms with E-state index in [0.29, 0.717) is 69.3 Å². The van der Waals surface area contributed by atoms with Gasteiger partial charge in [-0.1, -0.05) is 42.5 Å². The monoisotopic (exact) mass is 581 g/mol. The van der Waals surface area contributed by atoms with Gasteiger partial charge in [0.1, 0.15) is 11.7 Å².